The van der Waals surface area contributed by atoms with Gasteiger partial charge < -0.3 is 0 Å². The van der Waals surface area contributed by atoms with Gasteiger partial charge in [-0.3, -0.25) is 9.88 Å². The maximum absolute atomic E-state index is 8.46. The van der Waals surface area contributed by atoms with Gasteiger partial charge in [-0.15, -0.1) is 0 Å². The summed E-state index contributed by atoms with van der Waals surface area (Å²) in [6.45, 7) is -6.32. The van der Waals surface area contributed by atoms with Gasteiger partial charge in [-0.2, -0.15) is 0 Å². The molecule has 2 heterocycles. The first-order valence-electron chi connectivity index (χ1n) is 9.33. The highest BCUT2D eigenvalue weighted by molar-refractivity contribution is 5.14. The number of rotatable bonds is 1. The van der Waals surface area contributed by atoms with Crippen molar-refractivity contribution in [1.82, 2.24) is 9.88 Å². The zero-order chi connectivity index (χ0) is 18.9. The van der Waals surface area contributed by atoms with Crippen molar-refractivity contribution < 1.29 is 16.4 Å². The number of nitrogens with zero attached hydrogens (tertiary/aromatic N) is 2. The molecule has 0 radical (unpaired) electrons. The third-order valence-corrected chi connectivity index (χ3v) is 1.47. The summed E-state index contributed by atoms with van der Waals surface area (Å²) in [5.74, 6) is 0. The van der Waals surface area contributed by atoms with E-state index in [-0.39, 0.29) is 4.90 Å². The molecule has 1 saturated heterocycles. The Bertz CT molecular complexity index is 683. The molecule has 0 spiro atoms. The Morgan fingerprint density at radius 2 is 3.00 bits per heavy atom. The van der Waals surface area contributed by atoms with Crippen molar-refractivity contribution in [3.8, 4) is 0 Å². The normalized spacial score (nSPS) is 54.7. The van der Waals surface area contributed by atoms with Gasteiger partial charge in [0.1, 0.15) is 0 Å². The van der Waals surface area contributed by atoms with E-state index in [4.69, 9.17) is 16.4 Å². The number of hydrogen-bond donors (Lipinski definition) is 0. The van der Waals surface area contributed by atoms with Crippen LogP contribution in [0.15, 0.2) is 24.4 Å². The summed E-state index contributed by atoms with van der Waals surface area (Å²) in [4.78, 5) is 3.39. The van der Waals surface area contributed by atoms with Gasteiger partial charge in [-0.1, -0.05) is 6.04 Å². The molecule has 1 aliphatic heterocycles. The van der Waals surface area contributed by atoms with Crippen LogP contribution < -0.4 is 0 Å². The highest BCUT2D eigenvalue weighted by atomic mass is 15.1. The fraction of sp³-hybridized carbons (Fsp3) is 0.500. The molecule has 0 unspecified atom stereocenters. The van der Waals surface area contributed by atoms with Crippen LogP contribution in [0.1, 0.15) is 40.8 Å². The van der Waals surface area contributed by atoms with Crippen molar-refractivity contribution in [1.29, 1.82) is 0 Å². The van der Waals surface area contributed by atoms with Crippen molar-refractivity contribution in [3.63, 3.8) is 0 Å². The van der Waals surface area contributed by atoms with Gasteiger partial charge >= 0.3 is 0 Å². The number of likely N-dealkylation sites (tertiary alicyclic amines) is 1. The molecule has 1 atom stereocenters. The Balaban J connectivity index is 2.84. The molecule has 0 saturated carbocycles. The molecule has 0 aromatic carbocycles. The summed E-state index contributed by atoms with van der Waals surface area (Å²) >= 11 is 0. The first-order chi connectivity index (χ1) is 10.6. The molecule has 0 bridgehead atoms. The molecule has 12 heavy (non-hydrogen) atoms. The Morgan fingerprint density at radius 1 is 2.00 bits per heavy atom. The molecule has 2 heteroatoms. The zero-order valence-electron chi connectivity index (χ0n) is 18.1. The Labute approximate surface area is 90.1 Å². The third-order valence-electron chi connectivity index (χ3n) is 1.47. The van der Waals surface area contributed by atoms with Crippen LogP contribution in [-0.4, -0.2) is 23.4 Å². The molecular weight excluding hydrogens is 148 g/mol. The van der Waals surface area contributed by atoms with Gasteiger partial charge in [-0.25, -0.2) is 0 Å². The maximum Gasteiger partial charge on any atom is 0.0843 e. The standard InChI is InChI=1S/C10H14N2/c1-12-7-3-5-10(12)9-4-2-6-11-8-9/h2,4,6,8,10H,3,5,7H2,1H3/t10-/m0/s1/i1D3,2D,3D2,4D,6D,7D2,8D,10D. The maximum atomic E-state index is 8.46. The van der Waals surface area contributed by atoms with Crippen LogP contribution in [0.2, 0.25) is 0 Å². The summed E-state index contributed by atoms with van der Waals surface area (Å²) in [7, 11) is 0. The lowest BCUT2D eigenvalue weighted by molar-refractivity contribution is 0.317. The minimum atomic E-state index is -3.24. The molecule has 0 aliphatic carbocycles. The van der Waals surface area contributed by atoms with E-state index in [0.717, 1.165) is 0 Å². The van der Waals surface area contributed by atoms with E-state index in [1.165, 1.54) is 0 Å². The van der Waals surface area contributed by atoms with E-state index in [1.807, 2.05) is 0 Å². The van der Waals surface area contributed by atoms with Crippen LogP contribution in [0.25, 0.3) is 0 Å². The largest absolute Gasteiger partial charge is 0.299 e. The van der Waals surface area contributed by atoms with E-state index in [1.54, 1.807) is 0 Å². The minimum absolute atomic E-state index is 0.00313. The molecule has 1 aromatic heterocycles. The summed E-state index contributed by atoms with van der Waals surface area (Å²) in [6.07, 6.45) is -5.26. The van der Waals surface area contributed by atoms with Gasteiger partial charge in [-0.05, 0) is 37.9 Å². The lowest BCUT2D eigenvalue weighted by atomic mass is 10.1. The molecular formula is C10H14N2. The smallest absolute Gasteiger partial charge is 0.0843 e. The summed E-state index contributed by atoms with van der Waals surface area (Å²) in [5.41, 5.74) is -0.704. The highest BCUT2D eigenvalue weighted by Gasteiger charge is 2.21. The van der Waals surface area contributed by atoms with Crippen LogP contribution in [0.5, 0.6) is 0 Å². The zero-order valence-corrected chi connectivity index (χ0v) is 6.10. The SMILES string of the molecule is [2H]c1nc([2H])c([C@]2([2H])CC([2H])([2H])C([2H])([2H])N2C([2H])([2H])[2H])c([2H])c1[2H]. The second-order valence-electron chi connectivity index (χ2n) is 2.21. The van der Waals surface area contributed by atoms with E-state index in [2.05, 4.69) is 4.98 Å². The van der Waals surface area contributed by atoms with E-state index < -0.39 is 62.3 Å². The number of pyridine rings is 1. The van der Waals surface area contributed by atoms with E-state index >= 15 is 0 Å². The van der Waals surface area contributed by atoms with Crippen molar-refractivity contribution in [2.45, 2.75) is 18.8 Å². The van der Waals surface area contributed by atoms with Gasteiger partial charge in [0, 0.05) is 28.0 Å². The molecule has 0 amide bonds. The van der Waals surface area contributed by atoms with Gasteiger partial charge in [0.05, 0.1) is 6.85 Å². The first kappa shape index (κ1) is 1.95. The summed E-state index contributed by atoms with van der Waals surface area (Å²) in [6, 6.07) is -4.20. The molecule has 2 nitrogen and oxygen atoms in total. The lowest BCUT2D eigenvalue weighted by Gasteiger charge is -2.18. The topological polar surface area (TPSA) is 16.1 Å². The predicted octanol–water partition coefficient (Wildman–Crippen LogP) is 1.85. The molecule has 1 aliphatic rings. The highest BCUT2D eigenvalue weighted by Crippen LogP contribution is 2.29. The number of aromatic nitrogens is 1. The van der Waals surface area contributed by atoms with Crippen molar-refractivity contribution >= 4 is 0 Å². The predicted molar refractivity (Wildman–Crippen MR) is 48.8 cm³/mol. The van der Waals surface area contributed by atoms with E-state index in [0.29, 0.717) is 0 Å². The van der Waals surface area contributed by atoms with Crippen LogP contribution in [0.4, 0.5) is 0 Å². The van der Waals surface area contributed by atoms with Gasteiger partial charge in [0.2, 0.25) is 0 Å². The minimum Gasteiger partial charge on any atom is -0.299 e. The van der Waals surface area contributed by atoms with Crippen LogP contribution in [0, 0.1) is 0 Å². The van der Waals surface area contributed by atoms with Crippen molar-refractivity contribution in [3.05, 3.63) is 30.0 Å². The Morgan fingerprint density at radius 3 is 3.92 bits per heavy atom. The quantitative estimate of drug-likeness (QED) is 0.646. The number of hydrogen-bond acceptors (Lipinski definition) is 2. The van der Waals surface area contributed by atoms with E-state index in [9.17, 15) is 0 Å². The van der Waals surface area contributed by atoms with Crippen LogP contribution in [-0.2, 0) is 0 Å². The lowest BCUT2D eigenvalue weighted by Crippen LogP contribution is -2.17. The monoisotopic (exact) mass is 174 g/mol. The molecule has 2 rings (SSSR count). The van der Waals surface area contributed by atoms with Crippen LogP contribution >= 0.6 is 0 Å². The fourth-order valence-corrected chi connectivity index (χ4v) is 0.916. The second-order valence-corrected chi connectivity index (χ2v) is 2.21. The summed E-state index contributed by atoms with van der Waals surface area (Å²) in [5, 5.41) is 0. The van der Waals surface area contributed by atoms with Crippen molar-refractivity contribution in [2.75, 3.05) is 13.5 Å². The first-order valence-corrected chi connectivity index (χ1v) is 3.33. The fourth-order valence-electron chi connectivity index (χ4n) is 0.916. The van der Waals surface area contributed by atoms with Crippen molar-refractivity contribution in [2.24, 2.45) is 0 Å². The molecule has 64 valence electrons. The average Bonchev–Trinajstić information content (AvgIpc) is 2.47. The third kappa shape index (κ3) is 1.34. The van der Waals surface area contributed by atoms with Crippen LogP contribution in [0.3, 0.4) is 0 Å². The average molecular weight is 174 g/mol. The molecule has 0 N–H and O–H groups in total. The summed E-state index contributed by atoms with van der Waals surface area (Å²) < 4.78 is 92.9. The van der Waals surface area contributed by atoms with Gasteiger partial charge in [0.25, 0.3) is 0 Å². The second kappa shape index (κ2) is 3.23. The Kier molecular flexibility index (Phi) is 0.526. The molecule has 1 fully saturated rings. The molecule has 1 aromatic rings. The van der Waals surface area contributed by atoms with Gasteiger partial charge in [0.15, 0.2) is 0 Å². The Hall–Kier alpha value is -0.890.